The number of halogens is 2. The number of fused-ring (bicyclic) bond motifs is 1. The van der Waals surface area contributed by atoms with E-state index < -0.39 is 5.97 Å². The molecule has 1 saturated heterocycles. The largest absolute Gasteiger partial charge is 0.492 e. The molecule has 1 N–H and O–H groups in total. The molecular formula is C19H17Cl2NO4. The highest BCUT2D eigenvalue weighted by Gasteiger charge is 2.38. The van der Waals surface area contributed by atoms with Crippen LogP contribution in [0.5, 0.6) is 17.2 Å². The van der Waals surface area contributed by atoms with Crippen molar-refractivity contribution in [1.82, 2.24) is 4.90 Å². The minimum Gasteiger partial charge on any atom is -0.492 e. The first-order valence-electron chi connectivity index (χ1n) is 8.35. The third-order valence-electron chi connectivity index (χ3n) is 4.84. The first kappa shape index (κ1) is 17.5. The molecule has 2 aliphatic rings. The highest BCUT2D eigenvalue weighted by atomic mass is 35.5. The number of ether oxygens (including phenoxy) is 2. The Kier molecular flexibility index (Phi) is 4.69. The van der Waals surface area contributed by atoms with Gasteiger partial charge < -0.3 is 14.6 Å². The van der Waals surface area contributed by atoms with Crippen molar-refractivity contribution in [3.8, 4) is 17.2 Å². The molecule has 2 aromatic rings. The molecule has 0 amide bonds. The zero-order chi connectivity index (χ0) is 18.3. The van der Waals surface area contributed by atoms with E-state index in [0.29, 0.717) is 41.2 Å². The minimum absolute atomic E-state index is 0.211. The van der Waals surface area contributed by atoms with Crippen LogP contribution in [0.1, 0.15) is 5.56 Å². The standard InChI is InChI=1S/C19H17Cl2NO4/c20-15-2-1-3-16(21)18(15)26-14-5-4-11-6-13(10-25-17(11)7-14)22-8-12(9-22)19(23)24/h1-5,7,12-13H,6,8-10H2,(H,23,24). The van der Waals surface area contributed by atoms with Crippen molar-refractivity contribution >= 4 is 29.2 Å². The second kappa shape index (κ2) is 6.99. The summed E-state index contributed by atoms with van der Waals surface area (Å²) in [6.45, 7) is 1.71. The van der Waals surface area contributed by atoms with Crippen LogP contribution in [-0.4, -0.2) is 41.7 Å². The first-order valence-corrected chi connectivity index (χ1v) is 9.11. The van der Waals surface area contributed by atoms with Crippen LogP contribution in [-0.2, 0) is 11.2 Å². The Morgan fingerprint density at radius 3 is 2.62 bits per heavy atom. The number of carboxylic acid groups (broad SMARTS) is 1. The summed E-state index contributed by atoms with van der Waals surface area (Å²) in [4.78, 5) is 13.1. The first-order chi connectivity index (χ1) is 12.5. The van der Waals surface area contributed by atoms with Crippen LogP contribution in [0.2, 0.25) is 10.0 Å². The van der Waals surface area contributed by atoms with Crippen molar-refractivity contribution in [2.75, 3.05) is 19.7 Å². The Bertz CT molecular complexity index is 831. The van der Waals surface area contributed by atoms with Gasteiger partial charge in [-0.3, -0.25) is 9.69 Å². The maximum absolute atomic E-state index is 11.0. The molecule has 0 bridgehead atoms. The monoisotopic (exact) mass is 393 g/mol. The van der Waals surface area contributed by atoms with Gasteiger partial charge in [-0.2, -0.15) is 0 Å². The van der Waals surface area contributed by atoms with Crippen LogP contribution in [0.25, 0.3) is 0 Å². The zero-order valence-electron chi connectivity index (χ0n) is 13.8. The second-order valence-corrected chi connectivity index (χ2v) is 7.39. The number of para-hydroxylation sites is 1. The number of likely N-dealkylation sites (tertiary alicyclic amines) is 1. The molecule has 5 nitrogen and oxygen atoms in total. The zero-order valence-corrected chi connectivity index (χ0v) is 15.3. The molecule has 2 heterocycles. The number of carboxylic acids is 1. The number of aliphatic carboxylic acids is 1. The van der Waals surface area contributed by atoms with E-state index in [1.807, 2.05) is 18.2 Å². The fraction of sp³-hybridized carbons (Fsp3) is 0.316. The van der Waals surface area contributed by atoms with E-state index >= 15 is 0 Å². The Morgan fingerprint density at radius 1 is 1.19 bits per heavy atom. The summed E-state index contributed by atoms with van der Waals surface area (Å²) >= 11 is 12.3. The predicted octanol–water partition coefficient (Wildman–Crippen LogP) is 4.11. The van der Waals surface area contributed by atoms with Gasteiger partial charge in [0.2, 0.25) is 0 Å². The van der Waals surface area contributed by atoms with Crippen molar-refractivity contribution in [2.24, 2.45) is 5.92 Å². The van der Waals surface area contributed by atoms with Crippen LogP contribution in [0.3, 0.4) is 0 Å². The summed E-state index contributed by atoms with van der Waals surface area (Å²) in [5, 5.41) is 9.90. The molecule has 1 atom stereocenters. The molecule has 2 aliphatic heterocycles. The van der Waals surface area contributed by atoms with Gasteiger partial charge in [0.25, 0.3) is 0 Å². The van der Waals surface area contributed by atoms with Crippen LogP contribution in [0.4, 0.5) is 0 Å². The molecule has 2 aromatic carbocycles. The lowest BCUT2D eigenvalue weighted by Gasteiger charge is -2.43. The van der Waals surface area contributed by atoms with Crippen molar-refractivity contribution in [1.29, 1.82) is 0 Å². The van der Waals surface area contributed by atoms with E-state index in [9.17, 15) is 4.79 Å². The minimum atomic E-state index is -0.724. The van der Waals surface area contributed by atoms with Gasteiger partial charge >= 0.3 is 5.97 Å². The molecule has 136 valence electrons. The number of hydrogen-bond acceptors (Lipinski definition) is 4. The predicted molar refractivity (Wildman–Crippen MR) is 98.7 cm³/mol. The highest BCUT2D eigenvalue weighted by Crippen LogP contribution is 2.38. The average Bonchev–Trinajstić information content (AvgIpc) is 2.56. The normalized spacial score (nSPS) is 20.0. The molecule has 1 fully saturated rings. The van der Waals surface area contributed by atoms with E-state index in [4.69, 9.17) is 37.8 Å². The van der Waals surface area contributed by atoms with Gasteiger partial charge in [-0.25, -0.2) is 0 Å². The average molecular weight is 394 g/mol. The molecule has 0 radical (unpaired) electrons. The Hall–Kier alpha value is -1.95. The third kappa shape index (κ3) is 3.34. The summed E-state index contributed by atoms with van der Waals surface area (Å²) in [7, 11) is 0. The van der Waals surface area contributed by atoms with Crippen molar-refractivity contribution in [3.63, 3.8) is 0 Å². The van der Waals surface area contributed by atoms with Gasteiger partial charge in [0.15, 0.2) is 5.75 Å². The Morgan fingerprint density at radius 2 is 1.92 bits per heavy atom. The molecule has 4 rings (SSSR count). The fourth-order valence-electron chi connectivity index (χ4n) is 3.30. The van der Waals surface area contributed by atoms with E-state index in [1.54, 1.807) is 18.2 Å². The SMILES string of the molecule is O=C(O)C1CN(C2COc3cc(Oc4c(Cl)cccc4Cl)ccc3C2)C1. The maximum atomic E-state index is 11.0. The summed E-state index contributed by atoms with van der Waals surface area (Å²) < 4.78 is 11.7. The smallest absolute Gasteiger partial charge is 0.309 e. The Balaban J connectivity index is 1.45. The van der Waals surface area contributed by atoms with Gasteiger partial charge in [-0.1, -0.05) is 35.3 Å². The molecular weight excluding hydrogens is 377 g/mol. The van der Waals surface area contributed by atoms with E-state index in [-0.39, 0.29) is 12.0 Å². The molecule has 0 spiro atoms. The molecule has 26 heavy (non-hydrogen) atoms. The number of carbonyl (C=O) groups is 1. The summed E-state index contributed by atoms with van der Waals surface area (Å²) in [5.41, 5.74) is 1.08. The van der Waals surface area contributed by atoms with Crippen LogP contribution < -0.4 is 9.47 Å². The molecule has 0 aromatic heterocycles. The van der Waals surface area contributed by atoms with Gasteiger partial charge in [-0.05, 0) is 30.2 Å². The number of nitrogens with zero attached hydrogens (tertiary/aromatic N) is 1. The molecule has 0 aliphatic carbocycles. The van der Waals surface area contributed by atoms with Gasteiger partial charge in [0.1, 0.15) is 18.1 Å². The third-order valence-corrected chi connectivity index (χ3v) is 5.43. The van der Waals surface area contributed by atoms with Crippen LogP contribution >= 0.6 is 23.2 Å². The molecule has 0 saturated carbocycles. The number of benzene rings is 2. The lowest BCUT2D eigenvalue weighted by molar-refractivity contribution is -0.149. The lowest BCUT2D eigenvalue weighted by Crippen LogP contribution is -2.57. The van der Waals surface area contributed by atoms with Crippen molar-refractivity contribution < 1.29 is 19.4 Å². The second-order valence-electron chi connectivity index (χ2n) is 6.58. The van der Waals surface area contributed by atoms with Crippen LogP contribution in [0.15, 0.2) is 36.4 Å². The van der Waals surface area contributed by atoms with Gasteiger partial charge in [0.05, 0.1) is 16.0 Å². The van der Waals surface area contributed by atoms with E-state index in [2.05, 4.69) is 4.90 Å². The number of rotatable bonds is 4. The molecule has 7 heteroatoms. The highest BCUT2D eigenvalue weighted by molar-refractivity contribution is 6.37. The quantitative estimate of drug-likeness (QED) is 0.846. The Labute approximate surface area is 161 Å². The van der Waals surface area contributed by atoms with Gasteiger partial charge in [0, 0.05) is 25.2 Å². The summed E-state index contributed by atoms with van der Waals surface area (Å²) in [5.74, 6) is 0.819. The number of hydrogen-bond donors (Lipinski definition) is 1. The van der Waals surface area contributed by atoms with Gasteiger partial charge in [-0.15, -0.1) is 0 Å². The molecule has 1 unspecified atom stereocenters. The van der Waals surface area contributed by atoms with Crippen molar-refractivity contribution in [2.45, 2.75) is 12.5 Å². The topological polar surface area (TPSA) is 59.0 Å². The maximum Gasteiger partial charge on any atom is 0.309 e. The summed E-state index contributed by atoms with van der Waals surface area (Å²) in [6.07, 6.45) is 0.828. The van der Waals surface area contributed by atoms with Crippen LogP contribution in [0, 0.1) is 5.92 Å². The van der Waals surface area contributed by atoms with E-state index in [0.717, 1.165) is 17.7 Å². The summed E-state index contributed by atoms with van der Waals surface area (Å²) in [6, 6.07) is 11.1. The van der Waals surface area contributed by atoms with E-state index in [1.165, 1.54) is 0 Å². The van der Waals surface area contributed by atoms with Crippen molar-refractivity contribution in [3.05, 3.63) is 52.0 Å². The fourth-order valence-corrected chi connectivity index (χ4v) is 3.77. The lowest BCUT2D eigenvalue weighted by atomic mass is 9.93.